The minimum atomic E-state index is -0.303. The second-order valence-corrected chi connectivity index (χ2v) is 8.66. The number of benzene rings is 3. The Morgan fingerprint density at radius 1 is 1.03 bits per heavy atom. The summed E-state index contributed by atoms with van der Waals surface area (Å²) in [5, 5.41) is 6.31. The zero-order valence-electron chi connectivity index (χ0n) is 16.2. The normalized spacial score (nSPS) is 12.9. The first-order valence-electron chi connectivity index (χ1n) is 9.57. The van der Waals surface area contributed by atoms with Crippen LogP contribution < -0.4 is 14.5 Å². The van der Waals surface area contributed by atoms with E-state index < -0.39 is 0 Å². The summed E-state index contributed by atoms with van der Waals surface area (Å²) >= 11 is 4.88. The molecule has 3 aromatic carbocycles. The van der Waals surface area contributed by atoms with Gasteiger partial charge in [0.2, 0.25) is 5.13 Å². The topological polar surface area (TPSA) is 64.0 Å². The Labute approximate surface area is 190 Å². The lowest BCUT2D eigenvalue weighted by Crippen LogP contribution is -2.26. The molecule has 1 aromatic heterocycles. The van der Waals surface area contributed by atoms with E-state index >= 15 is 0 Å². The van der Waals surface area contributed by atoms with Crippen LogP contribution >= 0.6 is 27.3 Å². The molecule has 0 saturated heterocycles. The van der Waals surface area contributed by atoms with Crippen molar-refractivity contribution in [3.05, 3.63) is 82.3 Å². The van der Waals surface area contributed by atoms with E-state index in [0.717, 1.165) is 20.3 Å². The molecule has 4 aromatic rings. The van der Waals surface area contributed by atoms with E-state index in [2.05, 4.69) is 26.0 Å². The Morgan fingerprint density at radius 3 is 2.68 bits per heavy atom. The van der Waals surface area contributed by atoms with Gasteiger partial charge in [-0.1, -0.05) is 57.6 Å². The fourth-order valence-corrected chi connectivity index (χ4v) is 4.60. The molecule has 0 atom stereocenters. The lowest BCUT2D eigenvalue weighted by molar-refractivity contribution is 0.0986. The molecule has 0 bridgehead atoms. The van der Waals surface area contributed by atoms with E-state index in [-0.39, 0.29) is 5.91 Å². The number of aromatic nitrogens is 1. The first-order valence-corrected chi connectivity index (χ1v) is 11.2. The quantitative estimate of drug-likeness (QED) is 0.277. The van der Waals surface area contributed by atoms with Gasteiger partial charge in [-0.05, 0) is 42.0 Å². The van der Waals surface area contributed by atoms with Gasteiger partial charge in [-0.2, -0.15) is 10.1 Å². The van der Waals surface area contributed by atoms with Gasteiger partial charge in [0.25, 0.3) is 5.91 Å². The van der Waals surface area contributed by atoms with Crippen molar-refractivity contribution in [2.45, 2.75) is 0 Å². The van der Waals surface area contributed by atoms with Gasteiger partial charge in [-0.15, -0.1) is 0 Å². The van der Waals surface area contributed by atoms with Gasteiger partial charge >= 0.3 is 0 Å². The van der Waals surface area contributed by atoms with Crippen molar-refractivity contribution in [3.63, 3.8) is 0 Å². The average molecular weight is 494 g/mol. The SMILES string of the molecule is O=C(c1ccc2c(c1)OCCO2)N(/N=C/c1ccccc1)c1nc2ccc(Br)cc2s1. The van der Waals surface area contributed by atoms with Gasteiger partial charge in [0.15, 0.2) is 11.5 Å². The van der Waals surface area contributed by atoms with Crippen LogP contribution in [0.1, 0.15) is 15.9 Å². The summed E-state index contributed by atoms with van der Waals surface area (Å²) in [6, 6.07) is 20.6. The van der Waals surface area contributed by atoms with Crippen LogP contribution in [0.2, 0.25) is 0 Å². The molecular formula is C23H16BrN3O3S. The average Bonchev–Trinajstić information content (AvgIpc) is 3.22. The summed E-state index contributed by atoms with van der Waals surface area (Å²) in [6.07, 6.45) is 1.65. The van der Waals surface area contributed by atoms with E-state index in [9.17, 15) is 4.79 Å². The van der Waals surface area contributed by atoms with Gasteiger partial charge in [0.05, 0.1) is 16.4 Å². The fraction of sp³-hybridized carbons (Fsp3) is 0.0870. The van der Waals surface area contributed by atoms with Crippen LogP contribution in [0.3, 0.4) is 0 Å². The maximum Gasteiger partial charge on any atom is 0.280 e. The van der Waals surface area contributed by atoms with Gasteiger partial charge < -0.3 is 9.47 Å². The highest BCUT2D eigenvalue weighted by Crippen LogP contribution is 2.34. The highest BCUT2D eigenvalue weighted by atomic mass is 79.9. The van der Waals surface area contributed by atoms with Crippen LogP contribution in [0, 0.1) is 0 Å². The molecule has 0 fully saturated rings. The molecule has 0 aliphatic carbocycles. The number of nitrogens with zero attached hydrogens (tertiary/aromatic N) is 3. The molecule has 1 aliphatic rings. The number of carbonyl (C=O) groups is 1. The van der Waals surface area contributed by atoms with Crippen LogP contribution in [-0.2, 0) is 0 Å². The number of hydrazone groups is 1. The van der Waals surface area contributed by atoms with Gasteiger partial charge in [0, 0.05) is 10.0 Å². The highest BCUT2D eigenvalue weighted by Gasteiger charge is 2.23. The van der Waals surface area contributed by atoms with Crippen molar-refractivity contribution in [1.29, 1.82) is 0 Å². The molecule has 0 unspecified atom stereocenters. The molecule has 2 heterocycles. The standard InChI is InChI=1S/C23H16BrN3O3S/c24-17-7-8-18-21(13-17)31-23(26-18)27(25-14-15-4-2-1-3-5-15)22(28)16-6-9-19-20(12-16)30-11-10-29-19/h1-9,12-14H,10-11H2/b25-14+. The molecule has 8 heteroatoms. The number of hydrogen-bond donors (Lipinski definition) is 0. The van der Waals surface area contributed by atoms with E-state index in [0.29, 0.717) is 35.4 Å². The number of halogens is 1. The summed E-state index contributed by atoms with van der Waals surface area (Å²) in [4.78, 5) is 18.1. The summed E-state index contributed by atoms with van der Waals surface area (Å²) in [6.45, 7) is 0.947. The zero-order chi connectivity index (χ0) is 21.2. The van der Waals surface area contributed by atoms with Crippen molar-refractivity contribution >= 4 is 54.7 Å². The molecule has 1 aliphatic heterocycles. The second-order valence-electron chi connectivity index (χ2n) is 6.74. The van der Waals surface area contributed by atoms with Crippen LogP contribution in [0.4, 0.5) is 5.13 Å². The monoisotopic (exact) mass is 493 g/mol. The molecule has 154 valence electrons. The van der Waals surface area contributed by atoms with Crippen LogP contribution in [0.25, 0.3) is 10.2 Å². The van der Waals surface area contributed by atoms with E-state index in [1.807, 2.05) is 48.5 Å². The van der Waals surface area contributed by atoms with Gasteiger partial charge in [0.1, 0.15) is 13.2 Å². The molecule has 6 nitrogen and oxygen atoms in total. The minimum absolute atomic E-state index is 0.303. The Balaban J connectivity index is 1.55. The molecule has 1 amide bonds. The van der Waals surface area contributed by atoms with Crippen LogP contribution in [-0.4, -0.2) is 30.3 Å². The molecule has 0 spiro atoms. The minimum Gasteiger partial charge on any atom is -0.486 e. The highest BCUT2D eigenvalue weighted by molar-refractivity contribution is 9.10. The maximum atomic E-state index is 13.5. The van der Waals surface area contributed by atoms with Gasteiger partial charge in [-0.25, -0.2) is 4.98 Å². The Morgan fingerprint density at radius 2 is 1.84 bits per heavy atom. The second kappa shape index (κ2) is 8.49. The number of thiazole rings is 1. The van der Waals surface area contributed by atoms with Gasteiger partial charge in [-0.3, -0.25) is 4.79 Å². The van der Waals surface area contributed by atoms with Crippen molar-refractivity contribution < 1.29 is 14.3 Å². The van der Waals surface area contributed by atoms with Crippen molar-refractivity contribution in [2.75, 3.05) is 18.2 Å². The Bertz CT molecular complexity index is 1290. The van der Waals surface area contributed by atoms with Crippen LogP contribution in [0.5, 0.6) is 11.5 Å². The number of anilines is 1. The summed E-state index contributed by atoms with van der Waals surface area (Å²) < 4.78 is 13.1. The number of carbonyl (C=O) groups excluding carboxylic acids is 1. The largest absolute Gasteiger partial charge is 0.486 e. The number of hydrogen-bond acceptors (Lipinski definition) is 6. The number of amides is 1. The molecule has 5 rings (SSSR count). The lowest BCUT2D eigenvalue weighted by Gasteiger charge is -2.19. The first kappa shape index (κ1) is 19.7. The van der Waals surface area contributed by atoms with E-state index in [1.54, 1.807) is 24.4 Å². The van der Waals surface area contributed by atoms with E-state index in [4.69, 9.17) is 9.47 Å². The molecule has 31 heavy (non-hydrogen) atoms. The number of ether oxygens (including phenoxy) is 2. The summed E-state index contributed by atoms with van der Waals surface area (Å²) in [5.74, 6) is 0.881. The third kappa shape index (κ3) is 4.17. The zero-order valence-corrected chi connectivity index (χ0v) is 18.6. The predicted molar refractivity (Wildman–Crippen MR) is 126 cm³/mol. The molecular weight excluding hydrogens is 478 g/mol. The molecule has 0 saturated carbocycles. The Hall–Kier alpha value is -3.23. The van der Waals surface area contributed by atoms with Crippen molar-refractivity contribution in [1.82, 2.24) is 4.98 Å². The maximum absolute atomic E-state index is 13.5. The number of rotatable bonds is 4. The predicted octanol–water partition coefficient (Wildman–Crippen LogP) is 5.51. The summed E-state index contributed by atoms with van der Waals surface area (Å²) in [7, 11) is 0. The molecule has 0 radical (unpaired) electrons. The summed E-state index contributed by atoms with van der Waals surface area (Å²) in [5.41, 5.74) is 2.12. The number of fused-ring (bicyclic) bond motifs is 2. The first-order chi connectivity index (χ1) is 15.2. The van der Waals surface area contributed by atoms with Crippen molar-refractivity contribution in [3.8, 4) is 11.5 Å². The lowest BCUT2D eigenvalue weighted by atomic mass is 10.2. The third-order valence-electron chi connectivity index (χ3n) is 4.62. The Kier molecular flexibility index (Phi) is 5.40. The van der Waals surface area contributed by atoms with Crippen molar-refractivity contribution in [2.24, 2.45) is 5.10 Å². The third-order valence-corrected chi connectivity index (χ3v) is 6.11. The smallest absolute Gasteiger partial charge is 0.280 e. The fourth-order valence-electron chi connectivity index (χ4n) is 3.13. The van der Waals surface area contributed by atoms with Crippen LogP contribution in [0.15, 0.2) is 76.3 Å². The molecule has 0 N–H and O–H groups in total. The van der Waals surface area contributed by atoms with E-state index in [1.165, 1.54) is 16.3 Å².